The Labute approximate surface area is 96.1 Å². The molecule has 12 heavy (non-hydrogen) atoms. The summed E-state index contributed by atoms with van der Waals surface area (Å²) in [5.41, 5.74) is 0. The largest absolute Gasteiger partial charge is 2.00 e. The van der Waals surface area contributed by atoms with Gasteiger partial charge in [-0.05, 0) is 0 Å². The van der Waals surface area contributed by atoms with Crippen molar-refractivity contribution in [3.8, 4) is 0 Å². The van der Waals surface area contributed by atoms with Gasteiger partial charge in [0.1, 0.15) is 0 Å². The molecule has 0 unspecified atom stereocenters. The van der Waals surface area contributed by atoms with Gasteiger partial charge in [-0.2, -0.15) is 21.9 Å². The molecule has 0 aromatic heterocycles. The molecule has 0 aliphatic rings. The van der Waals surface area contributed by atoms with Crippen molar-refractivity contribution in [2.75, 3.05) is 0 Å². The van der Waals surface area contributed by atoms with Crippen LogP contribution in [0.2, 0.25) is 0 Å². The third-order valence-corrected chi connectivity index (χ3v) is 0. The molecule has 0 bridgehead atoms. The molecular weight excluding hydrogens is 337 g/mol. The van der Waals surface area contributed by atoms with Crippen LogP contribution in [0.4, 0.5) is 0 Å². The molecule has 0 rings (SSSR count). The van der Waals surface area contributed by atoms with Gasteiger partial charge in [-0.25, -0.2) is 0 Å². The summed E-state index contributed by atoms with van der Waals surface area (Å²) in [5.74, 6) is 0. The summed E-state index contributed by atoms with van der Waals surface area (Å²) in [7, 11) is -9.83. The Morgan fingerprint density at radius 3 is 0.917 bits per heavy atom. The summed E-state index contributed by atoms with van der Waals surface area (Å²) >= 11 is 0. The number of rotatable bonds is 0. The molecule has 0 amide bonds. The van der Waals surface area contributed by atoms with Crippen molar-refractivity contribution >= 4 is 34.3 Å². The topological polar surface area (TPSA) is 155 Å². The van der Waals surface area contributed by atoms with Gasteiger partial charge in [0.25, 0.3) is 0 Å². The van der Waals surface area contributed by atoms with Crippen molar-refractivity contribution < 1.29 is 62.3 Å². The molecule has 0 aliphatic heterocycles. The summed E-state index contributed by atoms with van der Waals surface area (Å²) in [4.78, 5) is 0. The number of hydrogen-bond donors (Lipinski definition) is 2. The van der Waals surface area contributed by atoms with Crippen LogP contribution in [-0.2, 0) is 48.1 Å². The van der Waals surface area contributed by atoms with Crippen molar-refractivity contribution in [3.05, 3.63) is 0 Å². The SMILES string of the molecule is O=S(=O)(O)O.O=S(=O)([O-])[O-].S.[Cd+2]. The van der Waals surface area contributed by atoms with Gasteiger partial charge in [0.15, 0.2) is 0 Å². The fourth-order valence-electron chi connectivity index (χ4n) is 0. The quantitative estimate of drug-likeness (QED) is 0.295. The van der Waals surface area contributed by atoms with Crippen molar-refractivity contribution in [1.82, 2.24) is 0 Å². The van der Waals surface area contributed by atoms with E-state index in [4.69, 9.17) is 35.0 Å². The maximum Gasteiger partial charge on any atom is 2.00 e. The van der Waals surface area contributed by atoms with Gasteiger partial charge in [0.05, 0.1) is 0 Å². The third kappa shape index (κ3) is 1080. The van der Waals surface area contributed by atoms with Crippen LogP contribution in [0.1, 0.15) is 0 Å². The Balaban J connectivity index is -0.0000000457. The zero-order chi connectivity index (χ0) is 9.00. The Hall–Kier alpha value is 1.01. The minimum Gasteiger partial charge on any atom is -0.759 e. The van der Waals surface area contributed by atoms with Crippen molar-refractivity contribution in [1.29, 1.82) is 0 Å². The molecule has 0 atom stereocenters. The normalized spacial score (nSPS) is 9.67. The molecule has 0 aliphatic carbocycles. The molecule has 0 radical (unpaired) electrons. The van der Waals surface area contributed by atoms with E-state index < -0.39 is 20.8 Å². The predicted octanol–water partition coefficient (Wildman–Crippen LogP) is -1.88. The summed E-state index contributed by atoms with van der Waals surface area (Å²) in [6.07, 6.45) is 0. The van der Waals surface area contributed by atoms with Crippen LogP contribution in [0.15, 0.2) is 0 Å². The molecule has 12 heteroatoms. The van der Waals surface area contributed by atoms with E-state index in [-0.39, 0.29) is 40.8 Å². The summed E-state index contributed by atoms with van der Waals surface area (Å²) in [6, 6.07) is 0. The van der Waals surface area contributed by atoms with E-state index in [2.05, 4.69) is 0 Å². The molecule has 0 spiro atoms. The smallest absolute Gasteiger partial charge is 0.759 e. The van der Waals surface area contributed by atoms with E-state index in [0.29, 0.717) is 0 Å². The molecule has 0 aromatic rings. The molecule has 2 N–H and O–H groups in total. The van der Waals surface area contributed by atoms with Gasteiger partial charge < -0.3 is 9.11 Å². The average Bonchev–Trinajstić information content (AvgIpc) is 1.12. The van der Waals surface area contributed by atoms with Gasteiger partial charge in [-0.1, -0.05) is 0 Å². The molecule has 0 fully saturated rings. The Morgan fingerprint density at radius 2 is 0.917 bits per heavy atom. The average molecular weight is 341 g/mol. The first kappa shape index (κ1) is 23.1. The molecule has 0 aromatic carbocycles. The van der Waals surface area contributed by atoms with Crippen LogP contribution >= 0.6 is 13.5 Å². The number of hydrogen-bond acceptors (Lipinski definition) is 6. The van der Waals surface area contributed by atoms with Gasteiger partial charge in [-0.3, -0.25) is 17.5 Å². The van der Waals surface area contributed by atoms with Crippen LogP contribution in [0.3, 0.4) is 0 Å². The first-order valence-corrected chi connectivity index (χ1v) is 4.10. The zero-order valence-corrected chi connectivity index (χ0v) is 12.0. The summed E-state index contributed by atoms with van der Waals surface area (Å²) in [5, 5.41) is 0. The van der Waals surface area contributed by atoms with Crippen molar-refractivity contribution in [3.63, 3.8) is 0 Å². The second-order valence-electron chi connectivity index (χ2n) is 0.856. The third-order valence-electron chi connectivity index (χ3n) is 0. The van der Waals surface area contributed by atoms with Crippen LogP contribution in [0.25, 0.3) is 0 Å². The van der Waals surface area contributed by atoms with Crippen molar-refractivity contribution in [2.24, 2.45) is 0 Å². The minimum absolute atomic E-state index is 0. The second kappa shape index (κ2) is 8.60. The first-order valence-electron chi connectivity index (χ1n) is 1.37. The fraction of sp³-hybridized carbons (Fsp3) is 0. The fourth-order valence-corrected chi connectivity index (χ4v) is 0. The second-order valence-corrected chi connectivity index (χ2v) is 2.57. The summed E-state index contributed by atoms with van der Waals surface area (Å²) < 4.78 is 65.7. The van der Waals surface area contributed by atoms with Crippen molar-refractivity contribution in [2.45, 2.75) is 0 Å². The maximum atomic E-state index is 8.74. The zero-order valence-electron chi connectivity index (χ0n) is 5.37. The van der Waals surface area contributed by atoms with Gasteiger partial charge in [-0.15, -0.1) is 0 Å². The van der Waals surface area contributed by atoms with E-state index >= 15 is 0 Å². The van der Waals surface area contributed by atoms with E-state index in [1.54, 1.807) is 0 Å². The molecule has 8 nitrogen and oxygen atoms in total. The molecule has 0 saturated carbocycles. The monoisotopic (exact) mass is 342 g/mol. The van der Waals surface area contributed by atoms with E-state index in [1.165, 1.54) is 0 Å². The Bertz CT molecular complexity index is 211. The van der Waals surface area contributed by atoms with E-state index in [9.17, 15) is 0 Å². The predicted molar refractivity (Wildman–Crippen MR) is 35.0 cm³/mol. The van der Waals surface area contributed by atoms with Crippen LogP contribution in [0, 0.1) is 0 Å². The van der Waals surface area contributed by atoms with Gasteiger partial charge in [0, 0.05) is 10.4 Å². The summed E-state index contributed by atoms with van der Waals surface area (Å²) in [6.45, 7) is 0. The van der Waals surface area contributed by atoms with Crippen LogP contribution in [-0.4, -0.2) is 35.0 Å². The molecule has 0 heterocycles. The van der Waals surface area contributed by atoms with Crippen LogP contribution in [0.5, 0.6) is 0 Å². The van der Waals surface area contributed by atoms with E-state index in [0.717, 1.165) is 0 Å². The Kier molecular flexibility index (Phi) is 16.6. The van der Waals surface area contributed by atoms with Gasteiger partial charge >= 0.3 is 37.7 Å². The Morgan fingerprint density at radius 1 is 0.917 bits per heavy atom. The molecule has 0 saturated heterocycles. The van der Waals surface area contributed by atoms with E-state index in [1.807, 2.05) is 0 Å². The standard InChI is InChI=1S/Cd.2H2O4S.H2S/c;2*1-5(2,3)4;/h;2*(H2,1,2,3,4);1H2/q+2;;;/p-2. The van der Waals surface area contributed by atoms with Crippen LogP contribution < -0.4 is 0 Å². The maximum absolute atomic E-state index is 8.74. The minimum atomic E-state index is -5.17. The first-order chi connectivity index (χ1) is 4.00. The molecule has 72 valence electrons. The molecular formula is H4CdO8S3. The van der Waals surface area contributed by atoms with Gasteiger partial charge in [0.2, 0.25) is 0 Å².